The molecule has 1 rings (SSSR count). The summed E-state index contributed by atoms with van der Waals surface area (Å²) in [5.74, 6) is 0.642. The Morgan fingerprint density at radius 3 is 2.33 bits per heavy atom. The number of hydrogen-bond acceptors (Lipinski definition) is 2. The topological polar surface area (TPSA) is 50.8 Å². The Labute approximate surface area is 92.5 Å². The lowest BCUT2D eigenvalue weighted by molar-refractivity contribution is -0.0631. The maximum Gasteiger partial charge on any atom is 0.191 e. The van der Waals surface area contributed by atoms with E-state index in [0.29, 0.717) is 12.5 Å². The maximum absolute atomic E-state index is 5.90. The fraction of sp³-hybridized carbons (Fsp3) is 0.909. The molecule has 4 nitrogen and oxygen atoms in total. The minimum absolute atomic E-state index is 0.0161. The molecule has 1 fully saturated rings. The molecule has 0 atom stereocenters. The first-order chi connectivity index (χ1) is 7.17. The van der Waals surface area contributed by atoms with Gasteiger partial charge in [0.15, 0.2) is 5.96 Å². The molecule has 0 bridgehead atoms. The van der Waals surface area contributed by atoms with Gasteiger partial charge in [-0.2, -0.15) is 0 Å². The molecular weight excluding hydrogens is 190 g/mol. The third-order valence-corrected chi connectivity index (χ3v) is 3.31. The van der Waals surface area contributed by atoms with E-state index in [1.54, 1.807) is 7.11 Å². The maximum atomic E-state index is 5.90. The largest absolute Gasteiger partial charge is 0.376 e. The molecule has 1 aliphatic rings. The van der Waals surface area contributed by atoms with Crippen LogP contribution in [0, 0.1) is 0 Å². The Morgan fingerprint density at radius 2 is 2.00 bits per heavy atom. The van der Waals surface area contributed by atoms with Crippen LogP contribution in [0.15, 0.2) is 4.99 Å². The summed E-state index contributed by atoms with van der Waals surface area (Å²) in [6, 6.07) is 0. The fourth-order valence-corrected chi connectivity index (χ4v) is 1.87. The van der Waals surface area contributed by atoms with Gasteiger partial charge >= 0.3 is 0 Å². The minimum atomic E-state index is -0.0161. The van der Waals surface area contributed by atoms with E-state index in [9.17, 15) is 0 Å². The molecule has 0 aromatic carbocycles. The van der Waals surface area contributed by atoms with Crippen molar-refractivity contribution in [3.63, 3.8) is 0 Å². The molecule has 0 aromatic heterocycles. The first-order valence-electron chi connectivity index (χ1n) is 5.77. The molecular formula is C11H23N3O. The molecule has 88 valence electrons. The predicted molar refractivity (Wildman–Crippen MR) is 63.0 cm³/mol. The lowest BCUT2D eigenvalue weighted by atomic mass is 9.80. The molecule has 0 aliphatic heterocycles. The molecule has 0 saturated heterocycles. The van der Waals surface area contributed by atoms with Crippen LogP contribution in [0.5, 0.6) is 0 Å². The molecule has 1 saturated carbocycles. The smallest absolute Gasteiger partial charge is 0.191 e. The van der Waals surface area contributed by atoms with Crippen molar-refractivity contribution in [2.45, 2.75) is 38.7 Å². The van der Waals surface area contributed by atoms with E-state index < -0.39 is 0 Å². The lowest BCUT2D eigenvalue weighted by Crippen LogP contribution is -2.44. The van der Waals surface area contributed by atoms with Gasteiger partial charge in [-0.25, -0.2) is 0 Å². The van der Waals surface area contributed by atoms with Gasteiger partial charge < -0.3 is 15.4 Å². The van der Waals surface area contributed by atoms with Crippen LogP contribution >= 0.6 is 0 Å². The van der Waals surface area contributed by atoms with Gasteiger partial charge in [0.05, 0.1) is 12.1 Å². The minimum Gasteiger partial charge on any atom is -0.376 e. The summed E-state index contributed by atoms with van der Waals surface area (Å²) in [4.78, 5) is 6.48. The molecule has 1 aliphatic carbocycles. The van der Waals surface area contributed by atoms with Crippen LogP contribution in [0.2, 0.25) is 0 Å². The van der Waals surface area contributed by atoms with E-state index >= 15 is 0 Å². The fourth-order valence-electron chi connectivity index (χ4n) is 1.87. The molecule has 0 spiro atoms. The number of methoxy groups -OCH3 is 1. The Balaban J connectivity index is 2.48. The Morgan fingerprint density at radius 1 is 1.40 bits per heavy atom. The molecule has 0 radical (unpaired) electrons. The van der Waals surface area contributed by atoms with Crippen molar-refractivity contribution in [3.8, 4) is 0 Å². The standard InChI is InChI=1S/C11H23N3O/c1-4-14(5-2)10(12)13-9-11(15-3)7-6-8-11/h4-9H2,1-3H3,(H2,12,13). The first kappa shape index (κ1) is 12.3. The SMILES string of the molecule is CCN(CC)C(N)=NCC1(OC)CCC1. The highest BCUT2D eigenvalue weighted by Gasteiger charge is 2.36. The van der Waals surface area contributed by atoms with E-state index in [4.69, 9.17) is 10.5 Å². The van der Waals surface area contributed by atoms with Gasteiger partial charge in [-0.3, -0.25) is 4.99 Å². The average molecular weight is 213 g/mol. The number of guanidine groups is 1. The van der Waals surface area contributed by atoms with Crippen LogP contribution in [0.1, 0.15) is 33.1 Å². The van der Waals surface area contributed by atoms with Gasteiger partial charge in [0.2, 0.25) is 0 Å². The Kier molecular flexibility index (Phi) is 4.39. The molecule has 2 N–H and O–H groups in total. The van der Waals surface area contributed by atoms with Crippen LogP contribution in [0.25, 0.3) is 0 Å². The number of nitrogens with two attached hydrogens (primary N) is 1. The Hall–Kier alpha value is -0.770. The highest BCUT2D eigenvalue weighted by atomic mass is 16.5. The molecule has 0 amide bonds. The lowest BCUT2D eigenvalue weighted by Gasteiger charge is -2.39. The summed E-state index contributed by atoms with van der Waals surface area (Å²) in [6.07, 6.45) is 3.46. The normalized spacial score (nSPS) is 19.8. The summed E-state index contributed by atoms with van der Waals surface area (Å²) < 4.78 is 5.49. The van der Waals surface area contributed by atoms with Crippen molar-refractivity contribution in [2.75, 3.05) is 26.7 Å². The van der Waals surface area contributed by atoms with Crippen LogP contribution < -0.4 is 5.73 Å². The van der Waals surface area contributed by atoms with Gasteiger partial charge in [-0.05, 0) is 33.1 Å². The van der Waals surface area contributed by atoms with Crippen molar-refractivity contribution in [3.05, 3.63) is 0 Å². The third kappa shape index (κ3) is 2.84. The van der Waals surface area contributed by atoms with E-state index in [-0.39, 0.29) is 5.60 Å². The van der Waals surface area contributed by atoms with Crippen molar-refractivity contribution in [1.29, 1.82) is 0 Å². The second kappa shape index (κ2) is 5.35. The molecule has 0 unspecified atom stereocenters. The van der Waals surface area contributed by atoms with Crippen LogP contribution in [-0.4, -0.2) is 43.2 Å². The molecule has 15 heavy (non-hydrogen) atoms. The van der Waals surface area contributed by atoms with Crippen LogP contribution in [-0.2, 0) is 4.74 Å². The number of aliphatic imine (C=N–C) groups is 1. The van der Waals surface area contributed by atoms with E-state index in [2.05, 4.69) is 23.7 Å². The summed E-state index contributed by atoms with van der Waals surface area (Å²) in [5.41, 5.74) is 5.88. The highest BCUT2D eigenvalue weighted by Crippen LogP contribution is 2.35. The van der Waals surface area contributed by atoms with E-state index in [0.717, 1.165) is 25.9 Å². The zero-order chi connectivity index (χ0) is 11.3. The second-order valence-corrected chi connectivity index (χ2v) is 4.09. The second-order valence-electron chi connectivity index (χ2n) is 4.09. The quantitative estimate of drug-likeness (QED) is 0.551. The zero-order valence-corrected chi connectivity index (χ0v) is 10.1. The number of rotatable bonds is 5. The highest BCUT2D eigenvalue weighted by molar-refractivity contribution is 5.78. The van der Waals surface area contributed by atoms with Crippen molar-refractivity contribution in [2.24, 2.45) is 10.7 Å². The third-order valence-electron chi connectivity index (χ3n) is 3.31. The van der Waals surface area contributed by atoms with Gasteiger partial charge in [0.25, 0.3) is 0 Å². The van der Waals surface area contributed by atoms with Gasteiger partial charge in [0.1, 0.15) is 0 Å². The zero-order valence-electron chi connectivity index (χ0n) is 10.1. The summed E-state index contributed by atoms with van der Waals surface area (Å²) in [7, 11) is 1.77. The summed E-state index contributed by atoms with van der Waals surface area (Å²) in [6.45, 7) is 6.69. The monoisotopic (exact) mass is 213 g/mol. The molecule has 4 heteroatoms. The molecule has 0 heterocycles. The number of hydrogen-bond donors (Lipinski definition) is 1. The summed E-state index contributed by atoms with van der Waals surface area (Å²) in [5, 5.41) is 0. The van der Waals surface area contributed by atoms with Crippen molar-refractivity contribution in [1.82, 2.24) is 4.90 Å². The average Bonchev–Trinajstić information content (AvgIpc) is 2.19. The van der Waals surface area contributed by atoms with Gasteiger partial charge in [-0.1, -0.05) is 0 Å². The number of ether oxygens (including phenoxy) is 1. The van der Waals surface area contributed by atoms with Crippen LogP contribution in [0.4, 0.5) is 0 Å². The molecule has 0 aromatic rings. The van der Waals surface area contributed by atoms with E-state index in [1.807, 2.05) is 0 Å². The predicted octanol–water partition coefficient (Wildman–Crippen LogP) is 1.21. The van der Waals surface area contributed by atoms with Crippen LogP contribution in [0.3, 0.4) is 0 Å². The Bertz CT molecular complexity index is 214. The van der Waals surface area contributed by atoms with Gasteiger partial charge in [-0.15, -0.1) is 0 Å². The van der Waals surface area contributed by atoms with Gasteiger partial charge in [0, 0.05) is 20.2 Å². The summed E-state index contributed by atoms with van der Waals surface area (Å²) >= 11 is 0. The van der Waals surface area contributed by atoms with Crippen molar-refractivity contribution < 1.29 is 4.74 Å². The first-order valence-corrected chi connectivity index (χ1v) is 5.77. The van der Waals surface area contributed by atoms with E-state index in [1.165, 1.54) is 6.42 Å². The number of nitrogens with zero attached hydrogens (tertiary/aromatic N) is 2. The van der Waals surface area contributed by atoms with Crippen molar-refractivity contribution >= 4 is 5.96 Å².